The molecule has 2 heterocycles. The van der Waals surface area contributed by atoms with Crippen LogP contribution in [0.1, 0.15) is 93.7 Å². The van der Waals surface area contributed by atoms with E-state index < -0.39 is 11.5 Å². The molecule has 6 rings (SSSR count). The fourth-order valence-corrected chi connectivity index (χ4v) is 8.77. The van der Waals surface area contributed by atoms with Gasteiger partial charge < -0.3 is 25.6 Å². The van der Waals surface area contributed by atoms with E-state index in [4.69, 9.17) is 4.74 Å². The zero-order valence-electron chi connectivity index (χ0n) is 29.5. The van der Waals surface area contributed by atoms with Crippen molar-refractivity contribution in [2.45, 2.75) is 107 Å². The number of ether oxygens (including phenoxy) is 1. The van der Waals surface area contributed by atoms with Gasteiger partial charge in [0.15, 0.2) is 0 Å². The average Bonchev–Trinajstić information content (AvgIpc) is 3.38. The van der Waals surface area contributed by atoms with E-state index in [2.05, 4.69) is 22.5 Å². The van der Waals surface area contributed by atoms with Crippen LogP contribution in [0.2, 0.25) is 0 Å². The fraction of sp³-hybridized carbons (Fsp3) is 0.524. The van der Waals surface area contributed by atoms with Crippen molar-refractivity contribution in [3.63, 3.8) is 0 Å². The molecule has 2 aliphatic heterocycles. The van der Waals surface area contributed by atoms with Gasteiger partial charge >= 0.3 is 12.0 Å². The predicted octanol–water partition coefficient (Wildman–Crippen LogP) is 6.51. The van der Waals surface area contributed by atoms with Crippen LogP contribution in [0.3, 0.4) is 0 Å². The van der Waals surface area contributed by atoms with Gasteiger partial charge in [-0.05, 0) is 86.4 Å². The number of nitrogens with zero attached hydrogens (tertiary/aromatic N) is 1. The third-order valence-electron chi connectivity index (χ3n) is 11.5. The van der Waals surface area contributed by atoms with Crippen LogP contribution in [0, 0.1) is 11.8 Å². The molecule has 3 aromatic rings. The van der Waals surface area contributed by atoms with Crippen LogP contribution in [0.5, 0.6) is 0 Å². The Kier molecular flexibility index (Phi) is 12.3. The summed E-state index contributed by atoms with van der Waals surface area (Å²) in [5.74, 6) is -0.224. The fourth-order valence-electron chi connectivity index (χ4n) is 8.77. The van der Waals surface area contributed by atoms with Crippen LogP contribution >= 0.6 is 0 Å². The van der Waals surface area contributed by atoms with E-state index in [0.29, 0.717) is 31.0 Å². The summed E-state index contributed by atoms with van der Waals surface area (Å²) in [5.41, 5.74) is 1.38. The van der Waals surface area contributed by atoms with Gasteiger partial charge in [0.05, 0.1) is 6.61 Å². The first kappa shape index (κ1) is 36.1. The molecular formula is C42H55N3O5. The van der Waals surface area contributed by atoms with Crippen molar-refractivity contribution in [3.8, 4) is 0 Å². The minimum atomic E-state index is -1.13. The Hall–Kier alpha value is -3.72. The van der Waals surface area contributed by atoms with Gasteiger partial charge in [-0.3, -0.25) is 9.69 Å². The topological polar surface area (TPSA) is 111 Å². The number of piperidine rings is 1. The summed E-state index contributed by atoms with van der Waals surface area (Å²) >= 11 is 0. The molecule has 3 unspecified atom stereocenters. The number of amides is 2. The highest BCUT2D eigenvalue weighted by molar-refractivity contribution is 5.78. The number of carbonyl (C=O) groups is 2. The van der Waals surface area contributed by atoms with Gasteiger partial charge in [-0.15, -0.1) is 0 Å². The summed E-state index contributed by atoms with van der Waals surface area (Å²) < 4.78 is 5.98. The average molecular weight is 682 g/mol. The maximum Gasteiger partial charge on any atom is 0.316 e. The number of rotatable bonds is 14. The molecule has 3 fully saturated rings. The quantitative estimate of drug-likeness (QED) is 0.145. The number of aliphatic hydroxyl groups excluding tert-OH is 1. The number of benzene rings is 3. The number of fused-ring (bicyclic) bond motifs is 2. The van der Waals surface area contributed by atoms with Crippen LogP contribution in [-0.4, -0.2) is 71.0 Å². The molecule has 8 nitrogen and oxygen atoms in total. The first-order valence-corrected chi connectivity index (χ1v) is 18.8. The summed E-state index contributed by atoms with van der Waals surface area (Å²) in [7, 11) is 0. The number of hydrogen-bond acceptors (Lipinski definition) is 6. The van der Waals surface area contributed by atoms with E-state index in [1.165, 1.54) is 6.42 Å². The second-order valence-corrected chi connectivity index (χ2v) is 15.1. The predicted molar refractivity (Wildman–Crippen MR) is 195 cm³/mol. The summed E-state index contributed by atoms with van der Waals surface area (Å²) in [6, 6.07) is 29.9. The monoisotopic (exact) mass is 681 g/mol. The van der Waals surface area contributed by atoms with E-state index in [0.717, 1.165) is 74.6 Å². The van der Waals surface area contributed by atoms with Crippen LogP contribution in [0.25, 0.3) is 0 Å². The molecule has 2 saturated heterocycles. The van der Waals surface area contributed by atoms with Gasteiger partial charge in [0, 0.05) is 37.5 Å². The molecule has 268 valence electrons. The zero-order chi connectivity index (χ0) is 34.9. The Morgan fingerprint density at radius 1 is 0.840 bits per heavy atom. The van der Waals surface area contributed by atoms with Crippen LogP contribution < -0.4 is 10.6 Å². The van der Waals surface area contributed by atoms with E-state index >= 15 is 0 Å². The molecule has 2 amide bonds. The highest BCUT2D eigenvalue weighted by Crippen LogP contribution is 2.39. The van der Waals surface area contributed by atoms with Gasteiger partial charge in [0.1, 0.15) is 17.6 Å². The molecule has 8 heteroatoms. The van der Waals surface area contributed by atoms with Crippen molar-refractivity contribution >= 4 is 12.0 Å². The zero-order valence-corrected chi connectivity index (χ0v) is 29.5. The summed E-state index contributed by atoms with van der Waals surface area (Å²) in [4.78, 5) is 28.5. The molecule has 1 aliphatic carbocycles. The maximum atomic E-state index is 13.0. The van der Waals surface area contributed by atoms with Crippen molar-refractivity contribution < 1.29 is 24.5 Å². The third-order valence-corrected chi connectivity index (χ3v) is 11.5. The molecule has 1 saturated carbocycles. The Labute approximate surface area is 297 Å². The first-order valence-electron chi connectivity index (χ1n) is 18.8. The van der Waals surface area contributed by atoms with Gasteiger partial charge in [0.25, 0.3) is 0 Å². The lowest BCUT2D eigenvalue weighted by Gasteiger charge is -2.40. The standard InChI is InChI=1S/C42H55N3O5/c1-30(27-42(49,33-13-7-3-8-14-33)34-15-9-4-10-16-34)28-43-41(48)44-35-19-17-31(18-20-35)23-24-45-36-21-22-37(45)26-38(25-36)50-40(47)39(29-46)32-11-5-2-6-12-32/h2-16,30-31,35-39,46,49H,17-29H2,1H3,(H2,43,44,48)/t30?,31?,35?,36-,37+,38?,39?. The normalized spacial score (nSPS) is 25.0. The number of urea groups is 1. The van der Waals surface area contributed by atoms with E-state index in [9.17, 15) is 19.8 Å². The summed E-state index contributed by atoms with van der Waals surface area (Å²) in [5, 5.41) is 28.1. The van der Waals surface area contributed by atoms with Crippen molar-refractivity contribution in [1.82, 2.24) is 15.5 Å². The minimum Gasteiger partial charge on any atom is -0.462 e. The SMILES string of the molecule is CC(CNC(=O)NC1CCC(CCN2[C@@H]3CC[C@H]2CC(OC(=O)C(CO)c2ccccc2)C3)CC1)CC(O)(c1ccccc1)c1ccccc1. The highest BCUT2D eigenvalue weighted by Gasteiger charge is 2.42. The van der Waals surface area contributed by atoms with Gasteiger partial charge in [-0.2, -0.15) is 0 Å². The Morgan fingerprint density at radius 2 is 1.40 bits per heavy atom. The number of hydrogen-bond donors (Lipinski definition) is 4. The smallest absolute Gasteiger partial charge is 0.316 e. The van der Waals surface area contributed by atoms with Crippen LogP contribution in [0.15, 0.2) is 91.0 Å². The van der Waals surface area contributed by atoms with Gasteiger partial charge in [-0.25, -0.2) is 4.79 Å². The Balaban J connectivity index is 0.895. The molecule has 0 spiro atoms. The van der Waals surface area contributed by atoms with Crippen molar-refractivity contribution in [3.05, 3.63) is 108 Å². The Morgan fingerprint density at radius 3 is 1.96 bits per heavy atom. The molecule has 4 N–H and O–H groups in total. The van der Waals surface area contributed by atoms with Gasteiger partial charge in [-0.1, -0.05) is 97.9 Å². The lowest BCUT2D eigenvalue weighted by atomic mass is 9.79. The van der Waals surface area contributed by atoms with Crippen LogP contribution in [-0.2, 0) is 15.1 Å². The van der Waals surface area contributed by atoms with Crippen LogP contribution in [0.4, 0.5) is 4.79 Å². The third kappa shape index (κ3) is 8.95. The molecule has 3 aromatic carbocycles. The number of esters is 1. The number of aliphatic hydroxyl groups is 2. The molecule has 3 aliphatic rings. The second kappa shape index (κ2) is 17.0. The Bertz CT molecular complexity index is 1440. The molecule has 2 bridgehead atoms. The van der Waals surface area contributed by atoms with E-state index in [1.54, 1.807) is 0 Å². The van der Waals surface area contributed by atoms with E-state index in [-0.39, 0.29) is 36.7 Å². The minimum absolute atomic E-state index is 0.0565. The lowest BCUT2D eigenvalue weighted by Crippen LogP contribution is -2.47. The lowest BCUT2D eigenvalue weighted by molar-refractivity contribution is -0.155. The highest BCUT2D eigenvalue weighted by atomic mass is 16.5. The van der Waals surface area contributed by atoms with Crippen molar-refractivity contribution in [2.75, 3.05) is 19.7 Å². The molecular weight excluding hydrogens is 626 g/mol. The summed E-state index contributed by atoms with van der Waals surface area (Å²) in [6.07, 6.45) is 9.86. The molecule has 0 radical (unpaired) electrons. The molecule has 5 atom stereocenters. The summed E-state index contributed by atoms with van der Waals surface area (Å²) in [6.45, 7) is 3.39. The van der Waals surface area contributed by atoms with Gasteiger partial charge in [0.2, 0.25) is 0 Å². The van der Waals surface area contributed by atoms with Crippen molar-refractivity contribution in [1.29, 1.82) is 0 Å². The van der Waals surface area contributed by atoms with Crippen molar-refractivity contribution in [2.24, 2.45) is 11.8 Å². The van der Waals surface area contributed by atoms with E-state index in [1.807, 2.05) is 91.0 Å². The number of nitrogens with one attached hydrogen (secondary N) is 2. The molecule has 0 aromatic heterocycles. The maximum absolute atomic E-state index is 13.0. The largest absolute Gasteiger partial charge is 0.462 e. The molecule has 50 heavy (non-hydrogen) atoms. The first-order chi connectivity index (χ1) is 24.3. The second-order valence-electron chi connectivity index (χ2n) is 15.1. The number of carbonyl (C=O) groups excluding carboxylic acids is 2.